The van der Waals surface area contributed by atoms with Gasteiger partial charge in [-0.25, -0.2) is 9.59 Å². The summed E-state index contributed by atoms with van der Waals surface area (Å²) in [5, 5.41) is 12.8. The van der Waals surface area contributed by atoms with Gasteiger partial charge in [0, 0.05) is 11.0 Å². The van der Waals surface area contributed by atoms with Crippen molar-refractivity contribution in [2.24, 2.45) is 0 Å². The Bertz CT molecular complexity index is 1070. The molecule has 1 heterocycles. The van der Waals surface area contributed by atoms with Crippen molar-refractivity contribution < 1.29 is 33.7 Å². The number of hydrogen-bond acceptors (Lipinski definition) is 8. The van der Waals surface area contributed by atoms with Crippen LogP contribution in [0.25, 0.3) is 6.08 Å². The zero-order valence-corrected chi connectivity index (χ0v) is 19.6. The van der Waals surface area contributed by atoms with Gasteiger partial charge in [0.2, 0.25) is 0 Å². The molecule has 8 nitrogen and oxygen atoms in total. The molecule has 0 spiro atoms. The summed E-state index contributed by atoms with van der Waals surface area (Å²) in [5.74, 6) is -1.44. The molecule has 0 radical (unpaired) electrons. The number of hydrogen-bond donors (Lipinski definition) is 2. The highest BCUT2D eigenvalue weighted by Gasteiger charge is 2.28. The van der Waals surface area contributed by atoms with E-state index in [1.807, 2.05) is 0 Å². The van der Waals surface area contributed by atoms with Crippen molar-refractivity contribution in [3.63, 3.8) is 0 Å². The highest BCUT2D eigenvalue weighted by molar-refractivity contribution is 7.17. The number of aryl methyl sites for hydroxylation is 1. The third-order valence-corrected chi connectivity index (χ3v) is 6.14. The third-order valence-electron chi connectivity index (χ3n) is 4.93. The molecule has 0 bridgehead atoms. The summed E-state index contributed by atoms with van der Waals surface area (Å²) in [6.07, 6.45) is 6.03. The molecule has 1 aliphatic carbocycles. The molecule has 1 aliphatic rings. The molecule has 2 N–H and O–H groups in total. The Balaban J connectivity index is 1.62. The summed E-state index contributed by atoms with van der Waals surface area (Å²) in [4.78, 5) is 38.2. The molecule has 33 heavy (non-hydrogen) atoms. The molecule has 1 amide bonds. The number of aromatic hydroxyl groups is 1. The van der Waals surface area contributed by atoms with Gasteiger partial charge >= 0.3 is 11.9 Å². The topological polar surface area (TPSA) is 111 Å². The number of thiophene rings is 1. The molecule has 176 valence electrons. The number of carbonyl (C=O) groups excluding carboxylic acids is 3. The van der Waals surface area contributed by atoms with E-state index < -0.39 is 24.5 Å². The van der Waals surface area contributed by atoms with Gasteiger partial charge in [0.25, 0.3) is 5.91 Å². The molecule has 1 aromatic carbocycles. The van der Waals surface area contributed by atoms with Crippen molar-refractivity contribution in [1.29, 1.82) is 0 Å². The molecule has 0 saturated carbocycles. The van der Waals surface area contributed by atoms with Crippen LogP contribution in [-0.4, -0.2) is 42.8 Å². The van der Waals surface area contributed by atoms with E-state index in [2.05, 4.69) is 5.32 Å². The lowest BCUT2D eigenvalue weighted by molar-refractivity contribution is -0.142. The van der Waals surface area contributed by atoms with Gasteiger partial charge in [0.05, 0.1) is 18.8 Å². The SMILES string of the molecule is COc1cc(/C=C/C(=O)OCC(=O)Nc2sc3c(c2C(=O)OC(C)C)CCCC3)ccc1O. The number of anilines is 1. The number of phenols is 1. The molecule has 0 aliphatic heterocycles. The van der Waals surface area contributed by atoms with E-state index in [0.717, 1.165) is 36.1 Å². The fourth-order valence-corrected chi connectivity index (χ4v) is 4.75. The van der Waals surface area contributed by atoms with Crippen LogP contribution < -0.4 is 10.1 Å². The Morgan fingerprint density at radius 3 is 2.70 bits per heavy atom. The number of nitrogens with one attached hydrogen (secondary N) is 1. The van der Waals surface area contributed by atoms with Crippen LogP contribution in [0.2, 0.25) is 0 Å². The number of methoxy groups -OCH3 is 1. The first-order valence-electron chi connectivity index (χ1n) is 10.7. The molecule has 9 heteroatoms. The second kappa shape index (κ2) is 11.0. The summed E-state index contributed by atoms with van der Waals surface area (Å²) in [5.41, 5.74) is 1.96. The highest BCUT2D eigenvalue weighted by Crippen LogP contribution is 2.38. The lowest BCUT2D eigenvalue weighted by atomic mass is 9.95. The Labute approximate surface area is 196 Å². The molecule has 0 saturated heterocycles. The number of amides is 1. The Hall–Kier alpha value is -3.33. The minimum absolute atomic E-state index is 0.0131. The van der Waals surface area contributed by atoms with Crippen LogP contribution in [0.15, 0.2) is 24.3 Å². The van der Waals surface area contributed by atoms with Gasteiger partial charge in [-0.1, -0.05) is 6.07 Å². The van der Waals surface area contributed by atoms with E-state index >= 15 is 0 Å². The number of esters is 2. The average Bonchev–Trinajstić information content (AvgIpc) is 3.14. The maximum atomic E-state index is 12.7. The van der Waals surface area contributed by atoms with Gasteiger partial charge in [0.15, 0.2) is 18.1 Å². The van der Waals surface area contributed by atoms with Crippen LogP contribution >= 0.6 is 11.3 Å². The molecule has 2 aromatic rings. The second-order valence-corrected chi connectivity index (χ2v) is 8.89. The van der Waals surface area contributed by atoms with Crippen molar-refractivity contribution in [2.75, 3.05) is 19.0 Å². The highest BCUT2D eigenvalue weighted by atomic mass is 32.1. The molecular formula is C24H27NO7S. The fourth-order valence-electron chi connectivity index (χ4n) is 3.45. The van der Waals surface area contributed by atoms with E-state index in [1.165, 1.54) is 36.7 Å². The minimum Gasteiger partial charge on any atom is -0.504 e. The quantitative estimate of drug-likeness (QED) is 0.439. The van der Waals surface area contributed by atoms with Crippen molar-refractivity contribution in [3.8, 4) is 11.5 Å². The number of benzene rings is 1. The maximum Gasteiger partial charge on any atom is 0.341 e. The van der Waals surface area contributed by atoms with Crippen LogP contribution in [0.4, 0.5) is 5.00 Å². The largest absolute Gasteiger partial charge is 0.504 e. The summed E-state index contributed by atoms with van der Waals surface area (Å²) in [6, 6.07) is 4.60. The predicted molar refractivity (Wildman–Crippen MR) is 125 cm³/mol. The van der Waals surface area contributed by atoms with Crippen LogP contribution in [0, 0.1) is 0 Å². The molecule has 0 fully saturated rings. The van der Waals surface area contributed by atoms with E-state index in [0.29, 0.717) is 16.1 Å². The fraction of sp³-hybridized carbons (Fsp3) is 0.375. The van der Waals surface area contributed by atoms with E-state index in [9.17, 15) is 19.5 Å². The summed E-state index contributed by atoms with van der Waals surface area (Å²) in [6.45, 7) is 3.05. The lowest BCUT2D eigenvalue weighted by Crippen LogP contribution is -2.22. The van der Waals surface area contributed by atoms with Crippen LogP contribution in [-0.2, 0) is 31.9 Å². The molecular weight excluding hydrogens is 446 g/mol. The van der Waals surface area contributed by atoms with Gasteiger partial charge < -0.3 is 24.6 Å². The monoisotopic (exact) mass is 473 g/mol. The minimum atomic E-state index is -0.706. The smallest absolute Gasteiger partial charge is 0.341 e. The van der Waals surface area contributed by atoms with E-state index in [4.69, 9.17) is 14.2 Å². The summed E-state index contributed by atoms with van der Waals surface area (Å²) < 4.78 is 15.4. The van der Waals surface area contributed by atoms with E-state index in [1.54, 1.807) is 26.0 Å². The molecule has 3 rings (SSSR count). The zero-order valence-electron chi connectivity index (χ0n) is 18.8. The first-order chi connectivity index (χ1) is 15.8. The van der Waals surface area contributed by atoms with Crippen molar-refractivity contribution >= 4 is 40.3 Å². The summed E-state index contributed by atoms with van der Waals surface area (Å²) in [7, 11) is 1.42. The van der Waals surface area contributed by atoms with Crippen LogP contribution in [0.3, 0.4) is 0 Å². The number of rotatable bonds is 8. The Morgan fingerprint density at radius 2 is 1.97 bits per heavy atom. The predicted octanol–water partition coefficient (Wildman–Crippen LogP) is 4.10. The normalized spacial score (nSPS) is 13.0. The molecule has 0 unspecified atom stereocenters. The molecule has 0 atom stereocenters. The number of carbonyl (C=O) groups is 3. The lowest BCUT2D eigenvalue weighted by Gasteiger charge is -2.14. The van der Waals surface area contributed by atoms with Gasteiger partial charge in [-0.3, -0.25) is 4.79 Å². The number of phenolic OH excluding ortho intramolecular Hbond substituents is 1. The van der Waals surface area contributed by atoms with Gasteiger partial charge in [-0.2, -0.15) is 0 Å². The third kappa shape index (κ3) is 6.35. The Kier molecular flexibility index (Phi) is 8.11. The first-order valence-corrected chi connectivity index (χ1v) is 11.5. The van der Waals surface area contributed by atoms with Crippen LogP contribution in [0.1, 0.15) is 53.1 Å². The zero-order chi connectivity index (χ0) is 24.0. The standard InChI is InChI=1S/C24H27NO7S/c1-14(2)32-24(29)22-16-6-4-5-7-19(16)33-23(22)25-20(27)13-31-21(28)11-9-15-8-10-17(26)18(12-15)30-3/h8-12,14,26H,4-7,13H2,1-3H3,(H,25,27)/b11-9+. The van der Waals surface area contributed by atoms with Gasteiger partial charge in [-0.15, -0.1) is 11.3 Å². The first kappa shape index (κ1) is 24.3. The molecule has 1 aromatic heterocycles. The van der Waals surface area contributed by atoms with Crippen LogP contribution in [0.5, 0.6) is 11.5 Å². The average molecular weight is 474 g/mol. The second-order valence-electron chi connectivity index (χ2n) is 7.79. The van der Waals surface area contributed by atoms with E-state index in [-0.39, 0.29) is 17.6 Å². The van der Waals surface area contributed by atoms with Crippen molar-refractivity contribution in [1.82, 2.24) is 0 Å². The van der Waals surface area contributed by atoms with Crippen molar-refractivity contribution in [3.05, 3.63) is 45.8 Å². The maximum absolute atomic E-state index is 12.7. The van der Waals surface area contributed by atoms with Gasteiger partial charge in [-0.05, 0) is 68.9 Å². The Morgan fingerprint density at radius 1 is 1.21 bits per heavy atom. The number of ether oxygens (including phenoxy) is 3. The summed E-state index contributed by atoms with van der Waals surface area (Å²) >= 11 is 1.37. The number of fused-ring (bicyclic) bond motifs is 1. The van der Waals surface area contributed by atoms with Crippen molar-refractivity contribution in [2.45, 2.75) is 45.6 Å². The van der Waals surface area contributed by atoms with Gasteiger partial charge in [0.1, 0.15) is 5.00 Å².